The fraction of sp³-hybridized carbons (Fsp3) is 0.263. The molecule has 0 unspecified atom stereocenters. The van der Waals surface area contributed by atoms with Gasteiger partial charge in [-0.2, -0.15) is 5.26 Å². The Morgan fingerprint density at radius 2 is 1.86 bits per heavy atom. The van der Waals surface area contributed by atoms with Crippen molar-refractivity contribution in [2.75, 3.05) is 37.7 Å². The minimum Gasteiger partial charge on any atom is -0.484 e. The number of nitro groups is 1. The van der Waals surface area contributed by atoms with Gasteiger partial charge in [0.25, 0.3) is 11.6 Å². The summed E-state index contributed by atoms with van der Waals surface area (Å²) in [5.74, 6) is -0.188. The van der Waals surface area contributed by atoms with Crippen LogP contribution in [0, 0.1) is 27.3 Å². The number of hydrogen-bond acceptors (Lipinski definition) is 6. The third kappa shape index (κ3) is 4.35. The lowest BCUT2D eigenvalue weighted by Gasteiger charge is -2.35. The van der Waals surface area contributed by atoms with Crippen LogP contribution in [-0.4, -0.2) is 48.5 Å². The number of nitriles is 1. The van der Waals surface area contributed by atoms with Gasteiger partial charge in [0.05, 0.1) is 16.6 Å². The first-order valence-electron chi connectivity index (χ1n) is 8.57. The molecule has 0 saturated carbocycles. The van der Waals surface area contributed by atoms with Gasteiger partial charge in [-0.05, 0) is 36.4 Å². The maximum Gasteiger partial charge on any atom is 0.293 e. The van der Waals surface area contributed by atoms with E-state index in [0.29, 0.717) is 37.6 Å². The number of halogens is 1. The van der Waals surface area contributed by atoms with Gasteiger partial charge >= 0.3 is 0 Å². The Labute approximate surface area is 160 Å². The van der Waals surface area contributed by atoms with Gasteiger partial charge in [-0.15, -0.1) is 0 Å². The minimum atomic E-state index is -0.510. The van der Waals surface area contributed by atoms with Crippen molar-refractivity contribution in [2.45, 2.75) is 0 Å². The molecular weight excluding hydrogens is 367 g/mol. The van der Waals surface area contributed by atoms with Gasteiger partial charge in [0.1, 0.15) is 17.3 Å². The van der Waals surface area contributed by atoms with Crippen molar-refractivity contribution in [1.29, 1.82) is 5.26 Å². The normalized spacial score (nSPS) is 13.7. The molecule has 0 aromatic heterocycles. The van der Waals surface area contributed by atoms with Crippen molar-refractivity contribution in [3.63, 3.8) is 0 Å². The number of ether oxygens (including phenoxy) is 1. The molecule has 1 aliphatic heterocycles. The van der Waals surface area contributed by atoms with Crippen LogP contribution in [0.15, 0.2) is 42.5 Å². The van der Waals surface area contributed by atoms with E-state index in [9.17, 15) is 19.3 Å². The van der Waals surface area contributed by atoms with Crippen molar-refractivity contribution in [2.24, 2.45) is 0 Å². The monoisotopic (exact) mass is 384 g/mol. The highest BCUT2D eigenvalue weighted by atomic mass is 19.1. The predicted octanol–water partition coefficient (Wildman–Crippen LogP) is 2.33. The number of anilines is 1. The molecule has 0 atom stereocenters. The average molecular weight is 384 g/mol. The Balaban J connectivity index is 1.58. The van der Waals surface area contributed by atoms with Gasteiger partial charge in [0, 0.05) is 32.2 Å². The summed E-state index contributed by atoms with van der Waals surface area (Å²) in [4.78, 5) is 26.5. The number of hydrogen-bond donors (Lipinski definition) is 0. The number of benzene rings is 2. The number of rotatable bonds is 5. The Kier molecular flexibility index (Phi) is 5.69. The fourth-order valence-corrected chi connectivity index (χ4v) is 2.97. The highest BCUT2D eigenvalue weighted by Crippen LogP contribution is 2.30. The number of nitrogens with zero attached hydrogens (tertiary/aromatic N) is 4. The molecule has 1 heterocycles. The molecule has 0 radical (unpaired) electrons. The Morgan fingerprint density at radius 1 is 1.18 bits per heavy atom. The molecule has 0 bridgehead atoms. The van der Waals surface area contributed by atoms with E-state index in [1.54, 1.807) is 11.0 Å². The molecule has 8 nitrogen and oxygen atoms in total. The SMILES string of the molecule is N#Cc1ccc(N2CCN(C(=O)COc3ccc(F)cc3)CC2)c([N+](=O)[O-])c1. The molecule has 28 heavy (non-hydrogen) atoms. The number of nitro benzene ring substituents is 1. The van der Waals surface area contributed by atoms with E-state index < -0.39 is 4.92 Å². The van der Waals surface area contributed by atoms with Crippen LogP contribution in [0.2, 0.25) is 0 Å². The van der Waals surface area contributed by atoms with Crippen LogP contribution in [0.25, 0.3) is 0 Å². The van der Waals surface area contributed by atoms with Gasteiger partial charge in [-0.3, -0.25) is 14.9 Å². The smallest absolute Gasteiger partial charge is 0.293 e. The van der Waals surface area contributed by atoms with Crippen LogP contribution in [0.5, 0.6) is 5.75 Å². The first-order valence-corrected chi connectivity index (χ1v) is 8.57. The predicted molar refractivity (Wildman–Crippen MR) is 98.5 cm³/mol. The largest absolute Gasteiger partial charge is 0.484 e. The van der Waals surface area contributed by atoms with Crippen LogP contribution in [0.3, 0.4) is 0 Å². The van der Waals surface area contributed by atoms with Crippen LogP contribution in [-0.2, 0) is 4.79 Å². The standard InChI is InChI=1S/C19H17FN4O4/c20-15-2-4-16(5-3-15)28-13-19(25)23-9-7-22(8-10-23)17-6-1-14(12-21)11-18(17)24(26)27/h1-6,11H,7-10,13H2. The summed E-state index contributed by atoms with van der Waals surface area (Å²) in [6.07, 6.45) is 0. The van der Waals surface area contributed by atoms with E-state index in [-0.39, 0.29) is 29.6 Å². The Morgan fingerprint density at radius 3 is 2.46 bits per heavy atom. The number of amides is 1. The van der Waals surface area contributed by atoms with Gasteiger partial charge < -0.3 is 14.5 Å². The number of carbonyl (C=O) groups excluding carboxylic acids is 1. The lowest BCUT2D eigenvalue weighted by Crippen LogP contribution is -2.50. The lowest BCUT2D eigenvalue weighted by atomic mass is 10.1. The zero-order valence-corrected chi connectivity index (χ0v) is 14.9. The second-order valence-electron chi connectivity index (χ2n) is 6.18. The van der Waals surface area contributed by atoms with Crippen molar-refractivity contribution in [3.05, 3.63) is 64.0 Å². The van der Waals surface area contributed by atoms with Crippen LogP contribution in [0.4, 0.5) is 15.8 Å². The van der Waals surface area contributed by atoms with E-state index in [2.05, 4.69) is 0 Å². The van der Waals surface area contributed by atoms with Crippen molar-refractivity contribution >= 4 is 17.3 Å². The van der Waals surface area contributed by atoms with Crippen molar-refractivity contribution < 1.29 is 18.8 Å². The molecule has 2 aromatic carbocycles. The van der Waals surface area contributed by atoms with E-state index in [1.807, 2.05) is 11.0 Å². The highest BCUT2D eigenvalue weighted by molar-refractivity contribution is 5.78. The summed E-state index contributed by atoms with van der Waals surface area (Å²) in [6.45, 7) is 1.47. The van der Waals surface area contributed by atoms with Gasteiger partial charge in [0.15, 0.2) is 6.61 Å². The van der Waals surface area contributed by atoms with E-state index in [4.69, 9.17) is 10.00 Å². The summed E-state index contributed by atoms with van der Waals surface area (Å²) in [7, 11) is 0. The van der Waals surface area contributed by atoms with Gasteiger partial charge in [0.2, 0.25) is 0 Å². The second-order valence-corrected chi connectivity index (χ2v) is 6.18. The maximum atomic E-state index is 12.9. The minimum absolute atomic E-state index is 0.126. The Bertz CT molecular complexity index is 919. The van der Waals surface area contributed by atoms with Crippen molar-refractivity contribution in [1.82, 2.24) is 4.90 Å². The average Bonchev–Trinajstić information content (AvgIpc) is 2.72. The molecular formula is C19H17FN4O4. The summed E-state index contributed by atoms with van der Waals surface area (Å²) >= 11 is 0. The van der Waals surface area contributed by atoms with Gasteiger partial charge in [-0.25, -0.2) is 4.39 Å². The quantitative estimate of drug-likeness (QED) is 0.579. The topological polar surface area (TPSA) is 99.7 Å². The third-order valence-electron chi connectivity index (χ3n) is 4.45. The molecule has 0 N–H and O–H groups in total. The molecule has 1 fully saturated rings. The van der Waals surface area contributed by atoms with E-state index in [0.717, 1.165) is 0 Å². The number of carbonyl (C=O) groups is 1. The third-order valence-corrected chi connectivity index (χ3v) is 4.45. The zero-order valence-electron chi connectivity index (χ0n) is 14.9. The molecule has 1 aliphatic rings. The Hall–Kier alpha value is -3.67. The van der Waals surface area contributed by atoms with E-state index in [1.165, 1.54) is 36.4 Å². The van der Waals surface area contributed by atoms with Crippen LogP contribution in [0.1, 0.15) is 5.56 Å². The van der Waals surface area contributed by atoms with Gasteiger partial charge in [-0.1, -0.05) is 0 Å². The molecule has 1 saturated heterocycles. The fourth-order valence-electron chi connectivity index (χ4n) is 2.97. The number of piperazine rings is 1. The summed E-state index contributed by atoms with van der Waals surface area (Å²) < 4.78 is 18.3. The van der Waals surface area contributed by atoms with E-state index >= 15 is 0 Å². The maximum absolute atomic E-state index is 12.9. The molecule has 9 heteroatoms. The summed E-state index contributed by atoms with van der Waals surface area (Å²) in [6, 6.07) is 11.7. The van der Waals surface area contributed by atoms with Crippen LogP contribution >= 0.6 is 0 Å². The molecule has 1 amide bonds. The van der Waals surface area contributed by atoms with Crippen LogP contribution < -0.4 is 9.64 Å². The van der Waals surface area contributed by atoms with Crippen molar-refractivity contribution in [3.8, 4) is 11.8 Å². The first kappa shape index (κ1) is 19.1. The summed E-state index contributed by atoms with van der Waals surface area (Å²) in [5.41, 5.74) is 0.527. The zero-order chi connectivity index (χ0) is 20.1. The molecule has 144 valence electrons. The highest BCUT2D eigenvalue weighted by Gasteiger charge is 2.26. The molecule has 2 aromatic rings. The molecule has 3 rings (SSSR count). The summed E-state index contributed by atoms with van der Waals surface area (Å²) in [5, 5.41) is 20.2. The lowest BCUT2D eigenvalue weighted by molar-refractivity contribution is -0.384. The molecule has 0 spiro atoms. The second kappa shape index (κ2) is 8.35. The molecule has 0 aliphatic carbocycles. The first-order chi connectivity index (χ1) is 13.5.